The van der Waals surface area contributed by atoms with Crippen molar-refractivity contribution in [1.82, 2.24) is 14.3 Å². The maximum absolute atomic E-state index is 12.6. The van der Waals surface area contributed by atoms with Crippen LogP contribution in [0.3, 0.4) is 0 Å². The Hall–Kier alpha value is -1.90. The molecule has 0 spiro atoms. The van der Waals surface area contributed by atoms with E-state index in [9.17, 15) is 8.42 Å². The molecule has 0 unspecified atom stereocenters. The number of ether oxygens (including phenoxy) is 2. The maximum Gasteiger partial charge on any atom is 0.243 e. The van der Waals surface area contributed by atoms with Crippen LogP contribution < -0.4 is 9.47 Å². The Morgan fingerprint density at radius 3 is 2.72 bits per heavy atom. The zero-order valence-corrected chi connectivity index (χ0v) is 15.4. The number of halogens is 1. The number of aryl methyl sites for hydroxylation is 1. The molecule has 0 amide bonds. The number of hydrogen-bond donors (Lipinski definition) is 0. The van der Waals surface area contributed by atoms with E-state index >= 15 is 0 Å². The van der Waals surface area contributed by atoms with Crippen molar-refractivity contribution in [2.24, 2.45) is 5.92 Å². The molecule has 1 saturated heterocycles. The second kappa shape index (κ2) is 7.15. The average Bonchev–Trinajstić information content (AvgIpc) is 2.53. The molecule has 0 atom stereocenters. The SMILES string of the molecule is COc1ccc(S(=O)(=O)N2CC(COc3cncc(Cl)n3)C2)cc1C. The molecule has 7 nitrogen and oxygen atoms in total. The van der Waals surface area contributed by atoms with Crippen molar-refractivity contribution < 1.29 is 17.9 Å². The Labute approximate surface area is 151 Å². The van der Waals surface area contributed by atoms with Gasteiger partial charge in [0.1, 0.15) is 5.75 Å². The summed E-state index contributed by atoms with van der Waals surface area (Å²) in [5.41, 5.74) is 0.781. The van der Waals surface area contributed by atoms with Gasteiger partial charge in [-0.05, 0) is 30.7 Å². The first-order chi connectivity index (χ1) is 11.9. The number of methoxy groups -OCH3 is 1. The summed E-state index contributed by atoms with van der Waals surface area (Å²) < 4.78 is 37.4. The van der Waals surface area contributed by atoms with Crippen LogP contribution in [0.5, 0.6) is 11.6 Å². The monoisotopic (exact) mass is 383 g/mol. The van der Waals surface area contributed by atoms with Gasteiger partial charge in [0, 0.05) is 19.0 Å². The van der Waals surface area contributed by atoms with E-state index in [1.165, 1.54) is 16.7 Å². The maximum atomic E-state index is 12.6. The van der Waals surface area contributed by atoms with Crippen LogP contribution in [0.2, 0.25) is 5.15 Å². The highest BCUT2D eigenvalue weighted by atomic mass is 35.5. The van der Waals surface area contributed by atoms with Crippen LogP contribution >= 0.6 is 11.6 Å². The topological polar surface area (TPSA) is 81.6 Å². The molecule has 1 aliphatic rings. The Balaban J connectivity index is 1.58. The Morgan fingerprint density at radius 2 is 2.08 bits per heavy atom. The summed E-state index contributed by atoms with van der Waals surface area (Å²) >= 11 is 5.74. The van der Waals surface area contributed by atoms with Crippen LogP contribution in [0.4, 0.5) is 0 Å². The first kappa shape index (κ1) is 17.9. The predicted molar refractivity (Wildman–Crippen MR) is 92.5 cm³/mol. The van der Waals surface area contributed by atoms with E-state index in [-0.39, 0.29) is 16.0 Å². The van der Waals surface area contributed by atoms with Gasteiger partial charge in [-0.2, -0.15) is 9.29 Å². The first-order valence-electron chi connectivity index (χ1n) is 7.65. The molecule has 1 aromatic heterocycles. The van der Waals surface area contributed by atoms with Gasteiger partial charge in [-0.15, -0.1) is 0 Å². The second-order valence-electron chi connectivity index (χ2n) is 5.81. The van der Waals surface area contributed by atoms with Crippen LogP contribution in [0.15, 0.2) is 35.5 Å². The number of hydrogen-bond acceptors (Lipinski definition) is 6. The standard InChI is InChI=1S/C16H18ClN3O4S/c1-11-5-13(3-4-14(11)23-2)25(21,22)20-8-12(9-20)10-24-16-7-18-6-15(17)19-16/h3-7,12H,8-10H2,1-2H3. The third kappa shape index (κ3) is 3.86. The van der Waals surface area contributed by atoms with Crippen LogP contribution in [0, 0.1) is 12.8 Å². The van der Waals surface area contributed by atoms with Crippen LogP contribution in [-0.2, 0) is 10.0 Å². The van der Waals surface area contributed by atoms with Crippen molar-refractivity contribution in [3.05, 3.63) is 41.3 Å². The third-order valence-corrected chi connectivity index (χ3v) is 5.99. The number of benzene rings is 1. The van der Waals surface area contributed by atoms with E-state index in [2.05, 4.69) is 9.97 Å². The van der Waals surface area contributed by atoms with Gasteiger partial charge in [-0.25, -0.2) is 8.42 Å². The van der Waals surface area contributed by atoms with Crippen molar-refractivity contribution in [2.45, 2.75) is 11.8 Å². The molecule has 1 aromatic carbocycles. The van der Waals surface area contributed by atoms with Crippen molar-refractivity contribution in [2.75, 3.05) is 26.8 Å². The highest BCUT2D eigenvalue weighted by Crippen LogP contribution is 2.28. The molecule has 0 aliphatic carbocycles. The van der Waals surface area contributed by atoms with Crippen molar-refractivity contribution in [3.63, 3.8) is 0 Å². The molecule has 25 heavy (non-hydrogen) atoms. The number of sulfonamides is 1. The summed E-state index contributed by atoms with van der Waals surface area (Å²) in [5.74, 6) is 1.10. The van der Waals surface area contributed by atoms with Gasteiger partial charge in [0.05, 0.1) is 31.0 Å². The van der Waals surface area contributed by atoms with Gasteiger partial charge >= 0.3 is 0 Å². The summed E-state index contributed by atoms with van der Waals surface area (Å²) in [6, 6.07) is 4.85. The van der Waals surface area contributed by atoms with Gasteiger partial charge in [0.15, 0.2) is 5.15 Å². The van der Waals surface area contributed by atoms with Gasteiger partial charge in [-0.1, -0.05) is 11.6 Å². The van der Waals surface area contributed by atoms with E-state index in [4.69, 9.17) is 21.1 Å². The van der Waals surface area contributed by atoms with E-state index in [1.807, 2.05) is 6.92 Å². The molecule has 1 fully saturated rings. The minimum absolute atomic E-state index is 0.106. The lowest BCUT2D eigenvalue weighted by Gasteiger charge is -2.37. The first-order valence-corrected chi connectivity index (χ1v) is 9.47. The minimum Gasteiger partial charge on any atom is -0.496 e. The van der Waals surface area contributed by atoms with Crippen LogP contribution in [0.25, 0.3) is 0 Å². The molecule has 0 N–H and O–H groups in total. The summed E-state index contributed by atoms with van der Waals surface area (Å²) in [7, 11) is -1.94. The number of rotatable bonds is 6. The molecule has 2 aromatic rings. The molecule has 1 aliphatic heterocycles. The highest BCUT2D eigenvalue weighted by molar-refractivity contribution is 7.89. The molecule has 3 rings (SSSR count). The lowest BCUT2D eigenvalue weighted by molar-refractivity contribution is 0.126. The summed E-state index contributed by atoms with van der Waals surface area (Å²) in [6.07, 6.45) is 2.89. The molecule has 0 saturated carbocycles. The van der Waals surface area contributed by atoms with E-state index in [0.717, 1.165) is 5.56 Å². The van der Waals surface area contributed by atoms with Gasteiger partial charge in [0.2, 0.25) is 15.9 Å². The Bertz CT molecular complexity index is 869. The third-order valence-electron chi connectivity index (χ3n) is 3.98. The van der Waals surface area contributed by atoms with Crippen molar-refractivity contribution in [1.29, 1.82) is 0 Å². The molecule has 9 heteroatoms. The largest absolute Gasteiger partial charge is 0.496 e. The van der Waals surface area contributed by atoms with E-state index in [0.29, 0.717) is 31.3 Å². The van der Waals surface area contributed by atoms with Crippen molar-refractivity contribution >= 4 is 21.6 Å². The average molecular weight is 384 g/mol. The van der Waals surface area contributed by atoms with Crippen molar-refractivity contribution in [3.8, 4) is 11.6 Å². The fourth-order valence-corrected chi connectivity index (χ4v) is 4.40. The van der Waals surface area contributed by atoms with Crippen LogP contribution in [-0.4, -0.2) is 49.5 Å². The summed E-state index contributed by atoms with van der Waals surface area (Å²) in [5, 5.41) is 0.255. The van der Waals surface area contributed by atoms with Gasteiger partial charge in [0.25, 0.3) is 0 Å². The lowest BCUT2D eigenvalue weighted by atomic mass is 10.1. The lowest BCUT2D eigenvalue weighted by Crippen LogP contribution is -2.51. The fraction of sp³-hybridized carbons (Fsp3) is 0.375. The fourth-order valence-electron chi connectivity index (χ4n) is 2.58. The Morgan fingerprint density at radius 1 is 1.32 bits per heavy atom. The van der Waals surface area contributed by atoms with E-state index in [1.54, 1.807) is 25.3 Å². The summed E-state index contributed by atoms with van der Waals surface area (Å²) in [6.45, 7) is 2.99. The Kier molecular flexibility index (Phi) is 5.12. The minimum atomic E-state index is -3.50. The number of nitrogens with zero attached hydrogens (tertiary/aromatic N) is 3. The second-order valence-corrected chi connectivity index (χ2v) is 8.14. The molecule has 2 heterocycles. The molecule has 134 valence electrons. The molecular formula is C16H18ClN3O4S. The van der Waals surface area contributed by atoms with Gasteiger partial charge in [-0.3, -0.25) is 4.98 Å². The molecular weight excluding hydrogens is 366 g/mol. The molecule has 0 radical (unpaired) electrons. The summed E-state index contributed by atoms with van der Waals surface area (Å²) in [4.78, 5) is 8.14. The molecule has 0 bridgehead atoms. The van der Waals surface area contributed by atoms with Gasteiger partial charge < -0.3 is 9.47 Å². The highest BCUT2D eigenvalue weighted by Gasteiger charge is 2.37. The zero-order chi connectivity index (χ0) is 18.0. The normalized spacial score (nSPS) is 15.6. The predicted octanol–water partition coefficient (Wildman–Crippen LogP) is 2.15. The number of aromatic nitrogens is 2. The van der Waals surface area contributed by atoms with E-state index < -0.39 is 10.0 Å². The van der Waals surface area contributed by atoms with Crippen LogP contribution in [0.1, 0.15) is 5.56 Å². The smallest absolute Gasteiger partial charge is 0.243 e. The zero-order valence-electron chi connectivity index (χ0n) is 13.8. The quantitative estimate of drug-likeness (QED) is 0.760.